The lowest BCUT2D eigenvalue weighted by atomic mass is 9.99. The monoisotopic (exact) mass is 248 g/mol. The van der Waals surface area contributed by atoms with Gasteiger partial charge in [0.25, 0.3) is 5.91 Å². The first-order valence-corrected chi connectivity index (χ1v) is 6.51. The van der Waals surface area contributed by atoms with Gasteiger partial charge < -0.3 is 5.73 Å². The van der Waals surface area contributed by atoms with Gasteiger partial charge >= 0.3 is 0 Å². The van der Waals surface area contributed by atoms with Crippen LogP contribution in [0, 0.1) is 0 Å². The van der Waals surface area contributed by atoms with E-state index in [-0.39, 0.29) is 24.5 Å². The fourth-order valence-electron chi connectivity index (χ4n) is 2.30. The van der Waals surface area contributed by atoms with Crippen molar-refractivity contribution in [1.29, 1.82) is 0 Å². The van der Waals surface area contributed by atoms with Crippen LogP contribution >= 0.6 is 0 Å². The number of nitrogens with one attached hydrogen (secondary N) is 1. The molecule has 0 aliphatic heterocycles. The predicted octanol–water partition coefficient (Wildman–Crippen LogP) is 1.72. The molecule has 1 fully saturated rings. The van der Waals surface area contributed by atoms with Crippen LogP contribution in [0.1, 0.15) is 37.2 Å². The first kappa shape index (κ1) is 13.1. The molecule has 18 heavy (non-hydrogen) atoms. The van der Waals surface area contributed by atoms with Crippen LogP contribution in [0.4, 0.5) is 0 Å². The van der Waals surface area contributed by atoms with Crippen molar-refractivity contribution in [2.45, 2.75) is 37.7 Å². The lowest BCUT2D eigenvalue weighted by molar-refractivity contribution is -0.139. The highest BCUT2D eigenvalue weighted by Crippen LogP contribution is 2.20. The van der Waals surface area contributed by atoms with E-state index < -0.39 is 0 Å². The van der Waals surface area contributed by atoms with Gasteiger partial charge in [0.05, 0.1) is 12.0 Å². The Labute approximate surface area is 107 Å². The maximum absolute atomic E-state index is 12.0. The molecular formula is C14H20N2O2. The highest BCUT2D eigenvalue weighted by atomic mass is 16.7. The topological polar surface area (TPSA) is 64.4 Å². The number of benzene rings is 1. The molecule has 1 unspecified atom stereocenters. The van der Waals surface area contributed by atoms with Crippen molar-refractivity contribution in [3.05, 3.63) is 35.9 Å². The lowest BCUT2D eigenvalue weighted by Gasteiger charge is -2.17. The van der Waals surface area contributed by atoms with Crippen LogP contribution in [0.2, 0.25) is 0 Å². The molecule has 1 aliphatic carbocycles. The van der Waals surface area contributed by atoms with Gasteiger partial charge in [-0.15, -0.1) is 0 Å². The summed E-state index contributed by atoms with van der Waals surface area (Å²) in [5.41, 5.74) is 9.15. The van der Waals surface area contributed by atoms with Crippen LogP contribution in [-0.2, 0) is 9.63 Å². The normalized spacial score (nSPS) is 17.6. The molecule has 1 aliphatic rings. The SMILES string of the molecule is NCC(C(=O)NOC1CCCC1)c1ccccc1. The molecule has 0 aromatic heterocycles. The summed E-state index contributed by atoms with van der Waals surface area (Å²) in [6.45, 7) is 0.282. The summed E-state index contributed by atoms with van der Waals surface area (Å²) in [6.07, 6.45) is 4.58. The van der Waals surface area contributed by atoms with Gasteiger partial charge in [-0.1, -0.05) is 43.2 Å². The zero-order valence-corrected chi connectivity index (χ0v) is 10.5. The van der Waals surface area contributed by atoms with Gasteiger partial charge in [-0.05, 0) is 18.4 Å². The molecule has 1 aromatic carbocycles. The van der Waals surface area contributed by atoms with Crippen molar-refractivity contribution >= 4 is 5.91 Å². The minimum atomic E-state index is -0.340. The molecular weight excluding hydrogens is 228 g/mol. The Morgan fingerprint density at radius 3 is 2.61 bits per heavy atom. The summed E-state index contributed by atoms with van der Waals surface area (Å²) in [5.74, 6) is -0.497. The Balaban J connectivity index is 1.89. The average molecular weight is 248 g/mol. The van der Waals surface area contributed by atoms with E-state index >= 15 is 0 Å². The van der Waals surface area contributed by atoms with Crippen molar-refractivity contribution in [1.82, 2.24) is 5.48 Å². The fraction of sp³-hybridized carbons (Fsp3) is 0.500. The Kier molecular flexibility index (Phi) is 4.73. The van der Waals surface area contributed by atoms with Gasteiger partial charge in [0.2, 0.25) is 0 Å². The predicted molar refractivity (Wildman–Crippen MR) is 69.7 cm³/mol. The number of carbonyl (C=O) groups is 1. The first-order valence-electron chi connectivity index (χ1n) is 6.51. The molecule has 4 heteroatoms. The van der Waals surface area contributed by atoms with Gasteiger partial charge in [0.1, 0.15) is 0 Å². The maximum Gasteiger partial charge on any atom is 0.252 e. The first-order chi connectivity index (χ1) is 8.81. The Morgan fingerprint density at radius 2 is 2.00 bits per heavy atom. The molecule has 4 nitrogen and oxygen atoms in total. The van der Waals surface area contributed by atoms with Crippen molar-refractivity contribution in [2.24, 2.45) is 5.73 Å². The highest BCUT2D eigenvalue weighted by Gasteiger charge is 2.21. The van der Waals surface area contributed by atoms with Crippen molar-refractivity contribution in [2.75, 3.05) is 6.54 Å². The zero-order valence-electron chi connectivity index (χ0n) is 10.5. The van der Waals surface area contributed by atoms with Crippen LogP contribution in [0.15, 0.2) is 30.3 Å². The van der Waals surface area contributed by atoms with Gasteiger partial charge in [0, 0.05) is 6.54 Å². The second-order valence-corrected chi connectivity index (χ2v) is 4.69. The zero-order chi connectivity index (χ0) is 12.8. The Morgan fingerprint density at radius 1 is 1.33 bits per heavy atom. The summed E-state index contributed by atoms with van der Waals surface area (Å²) in [5, 5.41) is 0. The van der Waals surface area contributed by atoms with Gasteiger partial charge in [-0.3, -0.25) is 9.63 Å². The molecule has 98 valence electrons. The van der Waals surface area contributed by atoms with E-state index in [9.17, 15) is 4.79 Å². The third-order valence-electron chi connectivity index (χ3n) is 3.38. The van der Waals surface area contributed by atoms with E-state index in [1.807, 2.05) is 30.3 Å². The van der Waals surface area contributed by atoms with E-state index in [1.54, 1.807) is 0 Å². The van der Waals surface area contributed by atoms with Crippen LogP contribution in [0.5, 0.6) is 0 Å². The lowest BCUT2D eigenvalue weighted by Crippen LogP contribution is -2.35. The molecule has 0 radical (unpaired) electrons. The van der Waals surface area contributed by atoms with E-state index in [0.29, 0.717) is 0 Å². The molecule has 3 N–H and O–H groups in total. The molecule has 2 rings (SSSR count). The molecule has 0 heterocycles. The Bertz CT molecular complexity index is 375. The summed E-state index contributed by atoms with van der Waals surface area (Å²) in [6, 6.07) is 9.55. The number of hydroxylamine groups is 1. The summed E-state index contributed by atoms with van der Waals surface area (Å²) in [4.78, 5) is 17.4. The number of nitrogens with two attached hydrogens (primary N) is 1. The third kappa shape index (κ3) is 3.31. The summed E-state index contributed by atoms with van der Waals surface area (Å²) < 4.78 is 0. The van der Waals surface area contributed by atoms with E-state index in [4.69, 9.17) is 10.6 Å². The minimum absolute atomic E-state index is 0.157. The van der Waals surface area contributed by atoms with Gasteiger partial charge in [-0.2, -0.15) is 0 Å². The number of rotatable bonds is 5. The molecule has 1 saturated carbocycles. The Hall–Kier alpha value is -1.39. The molecule has 0 saturated heterocycles. The average Bonchev–Trinajstić information content (AvgIpc) is 2.92. The molecule has 0 spiro atoms. The van der Waals surface area contributed by atoms with Crippen LogP contribution in [0.25, 0.3) is 0 Å². The van der Waals surface area contributed by atoms with Crippen LogP contribution in [0.3, 0.4) is 0 Å². The van der Waals surface area contributed by atoms with E-state index in [0.717, 1.165) is 18.4 Å². The summed E-state index contributed by atoms with van der Waals surface area (Å²) >= 11 is 0. The van der Waals surface area contributed by atoms with Crippen molar-refractivity contribution in [3.63, 3.8) is 0 Å². The number of hydrogen-bond acceptors (Lipinski definition) is 3. The number of hydrogen-bond donors (Lipinski definition) is 2. The standard InChI is InChI=1S/C14H20N2O2/c15-10-13(11-6-2-1-3-7-11)14(17)16-18-12-8-4-5-9-12/h1-3,6-7,12-13H,4-5,8-10,15H2,(H,16,17). The highest BCUT2D eigenvalue weighted by molar-refractivity contribution is 5.83. The van der Waals surface area contributed by atoms with Crippen molar-refractivity contribution < 1.29 is 9.63 Å². The second-order valence-electron chi connectivity index (χ2n) is 4.69. The quantitative estimate of drug-likeness (QED) is 0.780. The minimum Gasteiger partial charge on any atom is -0.329 e. The van der Waals surface area contributed by atoms with Gasteiger partial charge in [-0.25, -0.2) is 5.48 Å². The largest absolute Gasteiger partial charge is 0.329 e. The van der Waals surface area contributed by atoms with E-state index in [2.05, 4.69) is 5.48 Å². The smallest absolute Gasteiger partial charge is 0.252 e. The number of carbonyl (C=O) groups excluding carboxylic acids is 1. The maximum atomic E-state index is 12.0. The van der Waals surface area contributed by atoms with E-state index in [1.165, 1.54) is 12.8 Å². The van der Waals surface area contributed by atoms with Crippen molar-refractivity contribution in [3.8, 4) is 0 Å². The molecule has 1 aromatic rings. The third-order valence-corrected chi connectivity index (χ3v) is 3.38. The molecule has 0 bridgehead atoms. The fourth-order valence-corrected chi connectivity index (χ4v) is 2.30. The number of amides is 1. The molecule has 1 atom stereocenters. The summed E-state index contributed by atoms with van der Waals surface area (Å²) in [7, 11) is 0. The second kappa shape index (κ2) is 6.52. The van der Waals surface area contributed by atoms with Crippen LogP contribution < -0.4 is 11.2 Å². The molecule has 1 amide bonds. The van der Waals surface area contributed by atoms with Crippen LogP contribution in [-0.4, -0.2) is 18.6 Å². The van der Waals surface area contributed by atoms with Gasteiger partial charge in [0.15, 0.2) is 0 Å².